The number of nitrogens with zero attached hydrogens (tertiary/aromatic N) is 2. The van der Waals surface area contributed by atoms with Crippen molar-refractivity contribution in [3.8, 4) is 0 Å². The van der Waals surface area contributed by atoms with Crippen molar-refractivity contribution in [3.05, 3.63) is 0 Å². The molecule has 3 fully saturated rings. The van der Waals surface area contributed by atoms with Gasteiger partial charge in [0.25, 0.3) is 0 Å². The summed E-state index contributed by atoms with van der Waals surface area (Å²) in [6, 6.07) is 1.19. The van der Waals surface area contributed by atoms with E-state index in [2.05, 4.69) is 17.1 Å². The molecule has 19 heavy (non-hydrogen) atoms. The van der Waals surface area contributed by atoms with Crippen LogP contribution in [0.2, 0.25) is 0 Å². The first-order chi connectivity index (χ1) is 9.24. The standard InChI is InChI=1S/C15H27N3O/c1-12-5-9-18(10-6-12)15(19)16-13-7-11-17-8-3-2-4-14(13)17/h12-14H,2-11H2,1H3,(H,16,19). The normalized spacial score (nSPS) is 33.2. The second-order valence-corrected chi connectivity index (χ2v) is 6.61. The highest BCUT2D eigenvalue weighted by Crippen LogP contribution is 2.27. The molecule has 0 aromatic rings. The highest BCUT2D eigenvalue weighted by Gasteiger charge is 2.37. The minimum absolute atomic E-state index is 0.185. The molecule has 0 bridgehead atoms. The number of hydrogen-bond donors (Lipinski definition) is 1. The first-order valence-electron chi connectivity index (χ1n) is 8.03. The maximum absolute atomic E-state index is 12.3. The molecule has 3 aliphatic rings. The molecule has 0 aromatic carbocycles. The number of fused-ring (bicyclic) bond motifs is 1. The van der Waals surface area contributed by atoms with E-state index in [1.807, 2.05) is 4.90 Å². The van der Waals surface area contributed by atoms with Gasteiger partial charge < -0.3 is 10.2 Å². The number of carbonyl (C=O) groups is 1. The summed E-state index contributed by atoms with van der Waals surface area (Å²) in [7, 11) is 0. The summed E-state index contributed by atoms with van der Waals surface area (Å²) in [5.74, 6) is 0.782. The molecule has 0 radical (unpaired) electrons. The van der Waals surface area contributed by atoms with E-state index in [4.69, 9.17) is 0 Å². The van der Waals surface area contributed by atoms with E-state index in [9.17, 15) is 4.79 Å². The van der Waals surface area contributed by atoms with E-state index >= 15 is 0 Å². The molecule has 2 atom stereocenters. The third kappa shape index (κ3) is 2.88. The minimum Gasteiger partial charge on any atom is -0.334 e. The van der Waals surface area contributed by atoms with Gasteiger partial charge in [0.05, 0.1) is 0 Å². The number of piperidine rings is 2. The van der Waals surface area contributed by atoms with Crippen LogP contribution in [0.4, 0.5) is 4.79 Å². The summed E-state index contributed by atoms with van der Waals surface area (Å²) in [5.41, 5.74) is 0. The topological polar surface area (TPSA) is 35.6 Å². The first kappa shape index (κ1) is 13.2. The van der Waals surface area contributed by atoms with Crippen molar-refractivity contribution in [3.63, 3.8) is 0 Å². The molecule has 4 nitrogen and oxygen atoms in total. The first-order valence-corrected chi connectivity index (χ1v) is 8.03. The second-order valence-electron chi connectivity index (χ2n) is 6.61. The van der Waals surface area contributed by atoms with Gasteiger partial charge in [0.2, 0.25) is 0 Å². The Balaban J connectivity index is 1.52. The number of urea groups is 1. The molecule has 2 unspecified atom stereocenters. The third-order valence-electron chi connectivity index (χ3n) is 5.24. The van der Waals surface area contributed by atoms with E-state index < -0.39 is 0 Å². The van der Waals surface area contributed by atoms with Crippen molar-refractivity contribution >= 4 is 6.03 Å². The molecule has 3 aliphatic heterocycles. The van der Waals surface area contributed by atoms with Crippen molar-refractivity contribution < 1.29 is 4.79 Å². The van der Waals surface area contributed by atoms with Gasteiger partial charge in [-0.05, 0) is 44.6 Å². The zero-order valence-electron chi connectivity index (χ0n) is 12.1. The van der Waals surface area contributed by atoms with Gasteiger partial charge in [-0.15, -0.1) is 0 Å². The number of amides is 2. The van der Waals surface area contributed by atoms with E-state index in [1.54, 1.807) is 0 Å². The molecule has 108 valence electrons. The Bertz CT molecular complexity index is 325. The molecule has 4 heteroatoms. The lowest BCUT2D eigenvalue weighted by atomic mass is 9.98. The van der Waals surface area contributed by atoms with Crippen LogP contribution in [-0.2, 0) is 0 Å². The summed E-state index contributed by atoms with van der Waals surface area (Å²) >= 11 is 0. The Morgan fingerprint density at radius 3 is 2.58 bits per heavy atom. The Hall–Kier alpha value is -0.770. The number of carbonyl (C=O) groups excluding carboxylic acids is 1. The van der Waals surface area contributed by atoms with E-state index in [0.29, 0.717) is 12.1 Å². The molecule has 3 rings (SSSR count). The Morgan fingerprint density at radius 1 is 1.00 bits per heavy atom. The SMILES string of the molecule is CC1CCN(C(=O)NC2CCN3CCCCC23)CC1. The van der Waals surface area contributed by atoms with Crippen molar-refractivity contribution in [1.82, 2.24) is 15.1 Å². The number of likely N-dealkylation sites (tertiary alicyclic amines) is 1. The summed E-state index contributed by atoms with van der Waals surface area (Å²) in [6.07, 6.45) is 7.39. The van der Waals surface area contributed by atoms with Gasteiger partial charge in [0.1, 0.15) is 0 Å². The number of hydrogen-bond acceptors (Lipinski definition) is 2. The lowest BCUT2D eigenvalue weighted by Crippen LogP contribution is -2.52. The number of rotatable bonds is 1. The largest absolute Gasteiger partial charge is 0.334 e. The van der Waals surface area contributed by atoms with Gasteiger partial charge in [0.15, 0.2) is 0 Å². The van der Waals surface area contributed by atoms with Crippen LogP contribution in [0, 0.1) is 5.92 Å². The Kier molecular flexibility index (Phi) is 3.96. The molecule has 3 heterocycles. The predicted molar refractivity (Wildman–Crippen MR) is 76.1 cm³/mol. The average molecular weight is 265 g/mol. The van der Waals surface area contributed by atoms with Crippen LogP contribution >= 0.6 is 0 Å². The molecular weight excluding hydrogens is 238 g/mol. The van der Waals surface area contributed by atoms with Gasteiger partial charge in [0, 0.05) is 31.7 Å². The fraction of sp³-hybridized carbons (Fsp3) is 0.933. The maximum Gasteiger partial charge on any atom is 0.317 e. The van der Waals surface area contributed by atoms with Crippen LogP contribution in [0.25, 0.3) is 0 Å². The predicted octanol–water partition coefficient (Wildman–Crippen LogP) is 2.05. The lowest BCUT2D eigenvalue weighted by Gasteiger charge is -2.35. The fourth-order valence-electron chi connectivity index (χ4n) is 3.88. The highest BCUT2D eigenvalue weighted by atomic mass is 16.2. The fourth-order valence-corrected chi connectivity index (χ4v) is 3.88. The van der Waals surface area contributed by atoms with E-state index in [1.165, 1.54) is 32.4 Å². The molecule has 0 aromatic heterocycles. The highest BCUT2D eigenvalue weighted by molar-refractivity contribution is 5.74. The molecule has 0 aliphatic carbocycles. The van der Waals surface area contributed by atoms with Gasteiger partial charge >= 0.3 is 6.03 Å². The summed E-state index contributed by atoms with van der Waals surface area (Å²) in [5, 5.41) is 3.31. The van der Waals surface area contributed by atoms with Crippen LogP contribution in [0.1, 0.15) is 45.4 Å². The van der Waals surface area contributed by atoms with Gasteiger partial charge in [-0.3, -0.25) is 4.90 Å². The van der Waals surface area contributed by atoms with Gasteiger partial charge in [-0.1, -0.05) is 13.3 Å². The zero-order chi connectivity index (χ0) is 13.2. The summed E-state index contributed by atoms with van der Waals surface area (Å²) in [6.45, 7) is 6.57. The van der Waals surface area contributed by atoms with Gasteiger partial charge in [-0.25, -0.2) is 4.79 Å². The Labute approximate surface area is 116 Å². The van der Waals surface area contributed by atoms with Crippen LogP contribution in [0.5, 0.6) is 0 Å². The molecule has 1 N–H and O–H groups in total. The van der Waals surface area contributed by atoms with Crippen LogP contribution in [-0.4, -0.2) is 54.1 Å². The van der Waals surface area contributed by atoms with Crippen molar-refractivity contribution in [2.45, 2.75) is 57.5 Å². The Morgan fingerprint density at radius 2 is 1.79 bits per heavy atom. The quantitative estimate of drug-likeness (QED) is 0.787. The van der Waals surface area contributed by atoms with Crippen LogP contribution < -0.4 is 5.32 Å². The summed E-state index contributed by atoms with van der Waals surface area (Å²) < 4.78 is 0. The molecular formula is C15H27N3O. The molecule has 0 saturated carbocycles. The minimum atomic E-state index is 0.185. The van der Waals surface area contributed by atoms with E-state index in [-0.39, 0.29) is 6.03 Å². The molecule has 0 spiro atoms. The average Bonchev–Trinajstić information content (AvgIpc) is 2.83. The van der Waals surface area contributed by atoms with Crippen molar-refractivity contribution in [1.29, 1.82) is 0 Å². The smallest absolute Gasteiger partial charge is 0.317 e. The third-order valence-corrected chi connectivity index (χ3v) is 5.24. The number of nitrogens with one attached hydrogen (secondary N) is 1. The zero-order valence-corrected chi connectivity index (χ0v) is 12.1. The lowest BCUT2D eigenvalue weighted by molar-refractivity contribution is 0.156. The monoisotopic (exact) mass is 265 g/mol. The van der Waals surface area contributed by atoms with Crippen LogP contribution in [0.3, 0.4) is 0 Å². The van der Waals surface area contributed by atoms with Crippen molar-refractivity contribution in [2.24, 2.45) is 5.92 Å². The second kappa shape index (κ2) is 5.70. The molecule has 3 saturated heterocycles. The maximum atomic E-state index is 12.3. The van der Waals surface area contributed by atoms with Gasteiger partial charge in [-0.2, -0.15) is 0 Å². The summed E-state index contributed by atoms with van der Waals surface area (Å²) in [4.78, 5) is 16.9. The van der Waals surface area contributed by atoms with E-state index in [0.717, 1.165) is 38.3 Å². The van der Waals surface area contributed by atoms with Crippen LogP contribution in [0.15, 0.2) is 0 Å². The molecule has 2 amide bonds. The van der Waals surface area contributed by atoms with Crippen molar-refractivity contribution in [2.75, 3.05) is 26.2 Å².